The molecule has 1 aromatic heterocycles. The zero-order valence-corrected chi connectivity index (χ0v) is 19.5. The molecule has 6 heteroatoms. The second-order valence-electron chi connectivity index (χ2n) is 10.7. The van der Waals surface area contributed by atoms with Crippen LogP contribution in [0.5, 0.6) is 0 Å². The first-order valence-electron chi connectivity index (χ1n) is 12.3. The Morgan fingerprint density at radius 1 is 1.06 bits per heavy atom. The molecule has 4 saturated carbocycles. The van der Waals surface area contributed by atoms with E-state index < -0.39 is 0 Å². The third kappa shape index (κ3) is 4.37. The van der Waals surface area contributed by atoms with E-state index in [2.05, 4.69) is 39.9 Å². The standard InChI is InChI=1S/C26H33N3O2S/c30-24(28-26-13-19-9-20(14-26)11-21(10-19)15-26)12-23-17-32-25(27-23)22-3-1-18(2-4-22)16-29-5-7-31-8-6-29/h1-4,17,19-21H,5-16H2,(H,28,30). The van der Waals surface area contributed by atoms with Crippen LogP contribution in [0.15, 0.2) is 29.6 Å². The van der Waals surface area contributed by atoms with E-state index in [0.29, 0.717) is 6.42 Å². The van der Waals surface area contributed by atoms with E-state index >= 15 is 0 Å². The molecule has 32 heavy (non-hydrogen) atoms. The molecule has 5 aliphatic rings. The van der Waals surface area contributed by atoms with Crippen LogP contribution in [0.25, 0.3) is 10.6 Å². The van der Waals surface area contributed by atoms with Gasteiger partial charge in [-0.15, -0.1) is 11.3 Å². The molecule has 5 fully saturated rings. The highest BCUT2D eigenvalue weighted by Gasteiger charge is 2.51. The number of nitrogens with zero attached hydrogens (tertiary/aromatic N) is 2. The van der Waals surface area contributed by atoms with Crippen molar-refractivity contribution >= 4 is 17.2 Å². The number of amides is 1. The Kier molecular flexibility index (Phi) is 5.56. The van der Waals surface area contributed by atoms with Gasteiger partial charge in [-0.25, -0.2) is 4.98 Å². The number of carbonyl (C=O) groups excluding carboxylic acids is 1. The van der Waals surface area contributed by atoms with Crippen molar-refractivity contribution in [2.45, 2.75) is 57.0 Å². The fraction of sp³-hybridized carbons (Fsp3) is 0.615. The van der Waals surface area contributed by atoms with Crippen molar-refractivity contribution in [1.82, 2.24) is 15.2 Å². The second-order valence-corrected chi connectivity index (χ2v) is 11.5. The van der Waals surface area contributed by atoms with Crippen LogP contribution in [0.3, 0.4) is 0 Å². The van der Waals surface area contributed by atoms with Gasteiger partial charge < -0.3 is 10.1 Å². The molecule has 1 aromatic carbocycles. The molecule has 1 aliphatic heterocycles. The Hall–Kier alpha value is -1.76. The first-order valence-corrected chi connectivity index (χ1v) is 13.2. The van der Waals surface area contributed by atoms with Crippen LogP contribution in [0.4, 0.5) is 0 Å². The van der Waals surface area contributed by atoms with Gasteiger partial charge >= 0.3 is 0 Å². The average molecular weight is 452 g/mol. The summed E-state index contributed by atoms with van der Waals surface area (Å²) >= 11 is 1.64. The van der Waals surface area contributed by atoms with Crippen LogP contribution in [0, 0.1) is 17.8 Å². The summed E-state index contributed by atoms with van der Waals surface area (Å²) in [5.74, 6) is 2.69. The van der Waals surface area contributed by atoms with E-state index in [9.17, 15) is 4.79 Å². The van der Waals surface area contributed by atoms with Gasteiger partial charge in [0.1, 0.15) is 5.01 Å². The molecule has 170 valence electrons. The molecule has 4 bridgehead atoms. The Labute approximate surface area is 194 Å². The van der Waals surface area contributed by atoms with Gasteiger partial charge in [0.2, 0.25) is 5.91 Å². The predicted octanol–water partition coefficient (Wildman–Crippen LogP) is 4.27. The highest BCUT2D eigenvalue weighted by Crippen LogP contribution is 2.55. The van der Waals surface area contributed by atoms with Crippen molar-refractivity contribution in [1.29, 1.82) is 0 Å². The van der Waals surface area contributed by atoms with Gasteiger partial charge in [0.25, 0.3) is 0 Å². The summed E-state index contributed by atoms with van der Waals surface area (Å²) in [5.41, 5.74) is 3.43. The van der Waals surface area contributed by atoms with Gasteiger partial charge in [-0.3, -0.25) is 9.69 Å². The first-order chi connectivity index (χ1) is 15.6. The lowest BCUT2D eigenvalue weighted by atomic mass is 9.53. The van der Waals surface area contributed by atoms with Crippen LogP contribution >= 0.6 is 11.3 Å². The fourth-order valence-electron chi connectivity index (χ4n) is 7.06. The molecular formula is C26H33N3O2S. The van der Waals surface area contributed by atoms with Gasteiger partial charge in [-0.05, 0) is 61.8 Å². The summed E-state index contributed by atoms with van der Waals surface area (Å²) in [7, 11) is 0. The summed E-state index contributed by atoms with van der Waals surface area (Å²) in [6.07, 6.45) is 8.19. The van der Waals surface area contributed by atoms with E-state index in [4.69, 9.17) is 9.72 Å². The highest BCUT2D eigenvalue weighted by molar-refractivity contribution is 7.13. The van der Waals surface area contributed by atoms with Gasteiger partial charge in [0.15, 0.2) is 0 Å². The molecule has 4 aliphatic carbocycles. The Morgan fingerprint density at radius 2 is 1.72 bits per heavy atom. The third-order valence-corrected chi connectivity index (χ3v) is 8.99. The third-order valence-electron chi connectivity index (χ3n) is 8.05. The quantitative estimate of drug-likeness (QED) is 0.713. The lowest BCUT2D eigenvalue weighted by Crippen LogP contribution is -2.60. The molecule has 1 N–H and O–H groups in total. The van der Waals surface area contributed by atoms with Crippen LogP contribution in [0.2, 0.25) is 0 Å². The number of morpholine rings is 1. The number of carbonyl (C=O) groups is 1. The lowest BCUT2D eigenvalue weighted by Gasteiger charge is -2.56. The first kappa shape index (κ1) is 20.8. The summed E-state index contributed by atoms with van der Waals surface area (Å²) in [4.78, 5) is 20.1. The second kappa shape index (κ2) is 8.54. The molecule has 0 atom stereocenters. The number of hydrogen-bond donors (Lipinski definition) is 1. The molecule has 7 rings (SSSR count). The molecule has 0 radical (unpaired) electrons. The van der Waals surface area contributed by atoms with Crippen molar-refractivity contribution in [2.24, 2.45) is 17.8 Å². The maximum absolute atomic E-state index is 12.9. The number of thiazole rings is 1. The monoisotopic (exact) mass is 451 g/mol. The zero-order valence-electron chi connectivity index (χ0n) is 18.7. The van der Waals surface area contributed by atoms with Gasteiger partial charge in [-0.2, -0.15) is 0 Å². The SMILES string of the molecule is O=C(Cc1csc(-c2ccc(CN3CCOCC3)cc2)n1)NC12CC3CC(CC(C3)C1)C2. The normalized spacial score (nSPS) is 31.7. The van der Waals surface area contributed by atoms with Gasteiger partial charge in [0, 0.05) is 36.1 Å². The summed E-state index contributed by atoms with van der Waals surface area (Å²) in [6.45, 7) is 4.63. The van der Waals surface area contributed by atoms with Crippen LogP contribution < -0.4 is 5.32 Å². The van der Waals surface area contributed by atoms with Gasteiger partial charge in [-0.1, -0.05) is 24.3 Å². The predicted molar refractivity (Wildman–Crippen MR) is 126 cm³/mol. The van der Waals surface area contributed by atoms with E-state index in [1.165, 1.54) is 44.1 Å². The summed E-state index contributed by atoms with van der Waals surface area (Å²) < 4.78 is 5.44. The van der Waals surface area contributed by atoms with Crippen LogP contribution in [0.1, 0.15) is 49.8 Å². The smallest absolute Gasteiger partial charge is 0.226 e. The molecule has 5 nitrogen and oxygen atoms in total. The molecule has 0 unspecified atom stereocenters. The van der Waals surface area contributed by atoms with Crippen LogP contribution in [-0.2, 0) is 22.5 Å². The number of ether oxygens (including phenoxy) is 1. The van der Waals surface area contributed by atoms with Crippen molar-refractivity contribution in [3.05, 3.63) is 40.9 Å². The Morgan fingerprint density at radius 3 is 2.38 bits per heavy atom. The van der Waals surface area contributed by atoms with Crippen molar-refractivity contribution in [3.63, 3.8) is 0 Å². The topological polar surface area (TPSA) is 54.5 Å². The van der Waals surface area contributed by atoms with Crippen molar-refractivity contribution in [3.8, 4) is 10.6 Å². The molecular weight excluding hydrogens is 418 g/mol. The number of benzene rings is 1. The molecule has 1 saturated heterocycles. The lowest BCUT2D eigenvalue weighted by molar-refractivity contribution is -0.126. The minimum atomic E-state index is 0.0843. The molecule has 2 heterocycles. The Balaban J connectivity index is 1.06. The number of nitrogens with one attached hydrogen (secondary N) is 1. The number of hydrogen-bond acceptors (Lipinski definition) is 5. The van der Waals surface area contributed by atoms with Crippen LogP contribution in [-0.4, -0.2) is 47.6 Å². The minimum Gasteiger partial charge on any atom is -0.379 e. The van der Waals surface area contributed by atoms with E-state index in [-0.39, 0.29) is 11.4 Å². The minimum absolute atomic E-state index is 0.0843. The largest absolute Gasteiger partial charge is 0.379 e. The summed E-state index contributed by atoms with van der Waals surface area (Å²) in [6, 6.07) is 8.72. The summed E-state index contributed by atoms with van der Waals surface area (Å²) in [5, 5.41) is 6.53. The van der Waals surface area contributed by atoms with E-state index in [0.717, 1.165) is 66.9 Å². The fourth-order valence-corrected chi connectivity index (χ4v) is 7.88. The molecule has 0 spiro atoms. The van der Waals surface area contributed by atoms with Crippen molar-refractivity contribution < 1.29 is 9.53 Å². The zero-order chi connectivity index (χ0) is 21.5. The number of rotatable bonds is 6. The van der Waals surface area contributed by atoms with Gasteiger partial charge in [0.05, 0.1) is 25.3 Å². The highest BCUT2D eigenvalue weighted by atomic mass is 32.1. The maximum Gasteiger partial charge on any atom is 0.226 e. The molecule has 2 aromatic rings. The molecule has 1 amide bonds. The average Bonchev–Trinajstić information content (AvgIpc) is 3.22. The van der Waals surface area contributed by atoms with E-state index in [1.807, 2.05) is 0 Å². The van der Waals surface area contributed by atoms with Crippen molar-refractivity contribution in [2.75, 3.05) is 26.3 Å². The van der Waals surface area contributed by atoms with E-state index in [1.54, 1.807) is 11.3 Å². The Bertz CT molecular complexity index is 928. The maximum atomic E-state index is 12.9. The number of aromatic nitrogens is 1.